The van der Waals surface area contributed by atoms with E-state index in [1.165, 1.54) is 28.6 Å². The van der Waals surface area contributed by atoms with E-state index in [1.54, 1.807) is 35.3 Å². The highest BCUT2D eigenvalue weighted by atomic mass is 16.5. The van der Waals surface area contributed by atoms with Crippen LogP contribution in [0, 0.1) is 29.1 Å². The van der Waals surface area contributed by atoms with Crippen molar-refractivity contribution in [3.63, 3.8) is 0 Å². The second-order valence-electron chi connectivity index (χ2n) is 15.8. The molecular formula is C39H53N3O5. The van der Waals surface area contributed by atoms with E-state index in [1.807, 2.05) is 18.2 Å². The van der Waals surface area contributed by atoms with Gasteiger partial charge in [-0.25, -0.2) is 28.3 Å². The first-order chi connectivity index (χ1) is 22.3. The standard InChI is InChI=1S/C39H53N3O5/c1-25(2)12-10-13-26(3)32-19-20-33-27(14-11-21-39(32,33)6)22-34-31-23-30(47-38(4,5)35(43)44)18-17-28(31)24-40-36(45)41(37(46)42(34)40)29-15-8-7-9-16-29/h7-10,13,15-16,22,25-26,30,32-34H,11-12,14,17-21,23-24H2,1-6H3,(H,43,44)/b13-10+,27-22+/t26-,30+,32+,33-,34-,39-/m1/s1. The van der Waals surface area contributed by atoms with Crippen LogP contribution < -0.4 is 11.4 Å². The molecule has 0 bridgehead atoms. The maximum atomic E-state index is 14.3. The lowest BCUT2D eigenvalue weighted by atomic mass is 9.61. The molecule has 4 aliphatic rings. The van der Waals surface area contributed by atoms with Crippen molar-refractivity contribution in [2.24, 2.45) is 29.1 Å². The minimum atomic E-state index is -1.31. The first-order valence-corrected chi connectivity index (χ1v) is 17.8. The summed E-state index contributed by atoms with van der Waals surface area (Å²) in [5, 5.41) is 9.79. The lowest BCUT2D eigenvalue weighted by molar-refractivity contribution is -0.168. The number of ether oxygens (including phenoxy) is 1. The molecule has 2 aromatic rings. The summed E-state index contributed by atoms with van der Waals surface area (Å²) in [6.45, 7) is 13.0. The summed E-state index contributed by atoms with van der Waals surface area (Å²) < 4.78 is 10.8. The quantitative estimate of drug-likeness (QED) is 0.286. The van der Waals surface area contributed by atoms with Crippen LogP contribution in [0.1, 0.15) is 105 Å². The average molecular weight is 644 g/mol. The largest absolute Gasteiger partial charge is 0.479 e. The summed E-state index contributed by atoms with van der Waals surface area (Å²) in [6.07, 6.45) is 15.5. The minimum absolute atomic E-state index is 0.182. The SMILES string of the molecule is CC(C)C/C=C/[C@@H](C)[C@@H]1CC[C@@H]2/C(=C/[C@@H]3C4=C(CC[C@H](OC(C)(C)C(=O)O)C4)Cn4c(=O)n(-c5ccccc5)c(=O)n43)CCC[C@@]21C. The fourth-order valence-electron chi connectivity index (χ4n) is 9.32. The molecular weight excluding hydrogens is 590 g/mol. The van der Waals surface area contributed by atoms with E-state index in [0.29, 0.717) is 55.2 Å². The Balaban J connectivity index is 1.41. The summed E-state index contributed by atoms with van der Waals surface area (Å²) in [5.41, 5.74) is 2.45. The molecule has 1 aliphatic heterocycles. The normalized spacial score (nSPS) is 29.3. The van der Waals surface area contributed by atoms with Gasteiger partial charge < -0.3 is 9.84 Å². The molecule has 6 rings (SSSR count). The smallest absolute Gasteiger partial charge is 0.352 e. The third kappa shape index (κ3) is 6.18. The summed E-state index contributed by atoms with van der Waals surface area (Å²) >= 11 is 0. The van der Waals surface area contributed by atoms with Crippen LogP contribution in [-0.4, -0.2) is 36.7 Å². The summed E-state index contributed by atoms with van der Waals surface area (Å²) in [4.78, 5) is 40.1. The van der Waals surface area contributed by atoms with Gasteiger partial charge in [0, 0.05) is 0 Å². The maximum absolute atomic E-state index is 14.3. The topological polar surface area (TPSA) is 95.5 Å². The molecule has 2 heterocycles. The second-order valence-corrected chi connectivity index (χ2v) is 15.8. The Kier molecular flexibility index (Phi) is 9.20. The number of aromatic nitrogens is 3. The zero-order valence-electron chi connectivity index (χ0n) is 29.1. The Morgan fingerprint density at radius 3 is 2.53 bits per heavy atom. The van der Waals surface area contributed by atoms with E-state index in [0.717, 1.165) is 31.3 Å². The molecule has 1 N–H and O–H groups in total. The van der Waals surface area contributed by atoms with Gasteiger partial charge in [-0.3, -0.25) is 0 Å². The molecule has 6 atom stereocenters. The van der Waals surface area contributed by atoms with E-state index in [-0.39, 0.29) is 22.9 Å². The maximum Gasteiger partial charge on any atom is 0.352 e. The van der Waals surface area contributed by atoms with Crippen molar-refractivity contribution in [1.82, 2.24) is 13.9 Å². The van der Waals surface area contributed by atoms with Gasteiger partial charge in [0.2, 0.25) is 0 Å². The van der Waals surface area contributed by atoms with Crippen molar-refractivity contribution < 1.29 is 14.6 Å². The van der Waals surface area contributed by atoms with Crippen LogP contribution in [0.3, 0.4) is 0 Å². The summed E-state index contributed by atoms with van der Waals surface area (Å²) in [7, 11) is 0. The zero-order chi connectivity index (χ0) is 33.7. The predicted octanol–water partition coefficient (Wildman–Crippen LogP) is 7.47. The van der Waals surface area contributed by atoms with Crippen LogP contribution in [0.5, 0.6) is 0 Å². The number of hydrogen-bond donors (Lipinski definition) is 1. The fourth-order valence-corrected chi connectivity index (χ4v) is 9.32. The van der Waals surface area contributed by atoms with E-state index < -0.39 is 17.6 Å². The van der Waals surface area contributed by atoms with Crippen molar-refractivity contribution in [2.75, 3.05) is 0 Å². The van der Waals surface area contributed by atoms with Crippen LogP contribution in [0.25, 0.3) is 5.69 Å². The van der Waals surface area contributed by atoms with E-state index in [2.05, 4.69) is 45.9 Å². The molecule has 1 aromatic carbocycles. The monoisotopic (exact) mass is 643 g/mol. The van der Waals surface area contributed by atoms with Gasteiger partial charge in [0.25, 0.3) is 0 Å². The highest BCUT2D eigenvalue weighted by Gasteiger charge is 2.51. The van der Waals surface area contributed by atoms with Gasteiger partial charge in [0.15, 0.2) is 5.60 Å². The number of benzene rings is 1. The number of carboxylic acid groups (broad SMARTS) is 1. The average Bonchev–Trinajstić information content (AvgIpc) is 3.50. The Morgan fingerprint density at radius 1 is 1.09 bits per heavy atom. The molecule has 8 heteroatoms. The van der Waals surface area contributed by atoms with Crippen molar-refractivity contribution in [3.05, 3.63) is 86.2 Å². The van der Waals surface area contributed by atoms with Gasteiger partial charge in [-0.2, -0.15) is 0 Å². The van der Waals surface area contributed by atoms with E-state index >= 15 is 0 Å². The number of hydrogen-bond acceptors (Lipinski definition) is 4. The highest BCUT2D eigenvalue weighted by Crippen LogP contribution is 2.60. The molecule has 3 aliphatic carbocycles. The molecule has 0 amide bonds. The van der Waals surface area contributed by atoms with Crippen molar-refractivity contribution in [1.29, 1.82) is 0 Å². The molecule has 1 aromatic heterocycles. The molecule has 8 nitrogen and oxygen atoms in total. The first-order valence-electron chi connectivity index (χ1n) is 17.8. The lowest BCUT2D eigenvalue weighted by Gasteiger charge is -2.44. The fraction of sp³-hybridized carbons (Fsp3) is 0.615. The molecule has 2 saturated carbocycles. The number of para-hydroxylation sites is 1. The summed E-state index contributed by atoms with van der Waals surface area (Å²) in [5.74, 6) is 1.21. The molecule has 2 fully saturated rings. The van der Waals surface area contributed by atoms with Gasteiger partial charge in [-0.1, -0.05) is 69.7 Å². The number of aliphatic carboxylic acids is 1. The highest BCUT2D eigenvalue weighted by molar-refractivity contribution is 5.76. The molecule has 0 spiro atoms. The van der Waals surface area contributed by atoms with E-state index in [4.69, 9.17) is 4.74 Å². The lowest BCUT2D eigenvalue weighted by Crippen LogP contribution is -2.42. The van der Waals surface area contributed by atoms with Gasteiger partial charge in [-0.05, 0) is 124 Å². The molecule has 254 valence electrons. The van der Waals surface area contributed by atoms with Gasteiger partial charge in [0.1, 0.15) is 0 Å². The van der Waals surface area contributed by atoms with Crippen LogP contribution in [-0.2, 0) is 16.1 Å². The van der Waals surface area contributed by atoms with Crippen molar-refractivity contribution in [2.45, 2.75) is 124 Å². The molecule has 0 saturated heterocycles. The van der Waals surface area contributed by atoms with Crippen molar-refractivity contribution in [3.8, 4) is 5.69 Å². The van der Waals surface area contributed by atoms with Crippen LogP contribution >= 0.6 is 0 Å². The number of carboxylic acids is 1. The minimum Gasteiger partial charge on any atom is -0.479 e. The van der Waals surface area contributed by atoms with Crippen LogP contribution in [0.2, 0.25) is 0 Å². The molecule has 0 unspecified atom stereocenters. The Morgan fingerprint density at radius 2 is 1.83 bits per heavy atom. The predicted molar refractivity (Wildman–Crippen MR) is 185 cm³/mol. The number of rotatable bonds is 9. The third-order valence-corrected chi connectivity index (χ3v) is 11.8. The molecule has 0 radical (unpaired) electrons. The number of carbonyl (C=O) groups is 1. The van der Waals surface area contributed by atoms with Gasteiger partial charge in [-0.15, -0.1) is 0 Å². The number of nitrogens with zero attached hydrogens (tertiary/aromatic N) is 3. The summed E-state index contributed by atoms with van der Waals surface area (Å²) in [6, 6.07) is 8.75. The third-order valence-electron chi connectivity index (χ3n) is 11.8. The Bertz CT molecular complexity index is 1700. The van der Waals surface area contributed by atoms with Crippen LogP contribution in [0.15, 0.2) is 74.9 Å². The first kappa shape index (κ1) is 33.5. The van der Waals surface area contributed by atoms with Gasteiger partial charge in [0.05, 0.1) is 24.4 Å². The zero-order valence-corrected chi connectivity index (χ0v) is 29.1. The van der Waals surface area contributed by atoms with Crippen LogP contribution in [0.4, 0.5) is 0 Å². The number of fused-ring (bicyclic) bond motifs is 2. The van der Waals surface area contributed by atoms with Crippen molar-refractivity contribution >= 4 is 5.97 Å². The Labute approximate surface area is 278 Å². The van der Waals surface area contributed by atoms with E-state index in [9.17, 15) is 19.5 Å². The number of allylic oxidation sites excluding steroid dienone is 5. The Hall–Kier alpha value is -3.39. The second kappa shape index (κ2) is 12.9. The van der Waals surface area contributed by atoms with Gasteiger partial charge >= 0.3 is 17.3 Å². The molecule has 47 heavy (non-hydrogen) atoms.